The standard InChI is InChI=1S/C14H22N2O/c1-15-11-12-5-3-4-6-14(12)16-9-7-13(17-2)8-10-16/h3-6,13,15H,7-11H2,1-2H3. The number of nitrogens with one attached hydrogen (secondary N) is 1. The third-order valence-electron chi connectivity index (χ3n) is 3.47. The van der Waals surface area contributed by atoms with Crippen molar-refractivity contribution >= 4 is 5.69 Å². The highest BCUT2D eigenvalue weighted by molar-refractivity contribution is 5.53. The first kappa shape index (κ1) is 12.4. The molecule has 0 aromatic heterocycles. The van der Waals surface area contributed by atoms with Crippen LogP contribution in [-0.2, 0) is 11.3 Å². The lowest BCUT2D eigenvalue weighted by Crippen LogP contribution is -2.37. The summed E-state index contributed by atoms with van der Waals surface area (Å²) in [5, 5.41) is 3.23. The van der Waals surface area contributed by atoms with Crippen molar-refractivity contribution < 1.29 is 4.74 Å². The normalized spacial score (nSPS) is 17.4. The Hall–Kier alpha value is -1.06. The van der Waals surface area contributed by atoms with Crippen molar-refractivity contribution in [3.8, 4) is 0 Å². The third-order valence-corrected chi connectivity index (χ3v) is 3.47. The molecule has 0 unspecified atom stereocenters. The highest BCUT2D eigenvalue weighted by Crippen LogP contribution is 2.24. The SMILES string of the molecule is CNCc1ccccc1N1CCC(OC)CC1. The average molecular weight is 234 g/mol. The molecule has 0 atom stereocenters. The Bertz CT molecular complexity index is 346. The lowest BCUT2D eigenvalue weighted by atomic mass is 10.0. The largest absolute Gasteiger partial charge is 0.381 e. The number of ether oxygens (including phenoxy) is 1. The summed E-state index contributed by atoms with van der Waals surface area (Å²) < 4.78 is 5.41. The van der Waals surface area contributed by atoms with E-state index in [9.17, 15) is 0 Å². The number of hydrogen-bond acceptors (Lipinski definition) is 3. The fraction of sp³-hybridized carbons (Fsp3) is 0.571. The molecule has 3 heteroatoms. The van der Waals surface area contributed by atoms with Gasteiger partial charge in [0.05, 0.1) is 6.10 Å². The van der Waals surface area contributed by atoms with Gasteiger partial charge in [0.2, 0.25) is 0 Å². The van der Waals surface area contributed by atoms with Gasteiger partial charge in [0.15, 0.2) is 0 Å². The van der Waals surface area contributed by atoms with Crippen LogP contribution in [0.2, 0.25) is 0 Å². The van der Waals surface area contributed by atoms with Gasteiger partial charge in [-0.05, 0) is 31.5 Å². The molecule has 3 nitrogen and oxygen atoms in total. The van der Waals surface area contributed by atoms with E-state index in [-0.39, 0.29) is 0 Å². The summed E-state index contributed by atoms with van der Waals surface area (Å²) in [6.07, 6.45) is 2.71. The van der Waals surface area contributed by atoms with E-state index in [0.717, 1.165) is 32.5 Å². The number of anilines is 1. The van der Waals surface area contributed by atoms with Gasteiger partial charge in [-0.2, -0.15) is 0 Å². The molecule has 17 heavy (non-hydrogen) atoms. The number of nitrogens with zero attached hydrogens (tertiary/aromatic N) is 1. The van der Waals surface area contributed by atoms with Crippen LogP contribution in [0.5, 0.6) is 0 Å². The second kappa shape index (κ2) is 6.03. The first-order valence-electron chi connectivity index (χ1n) is 6.35. The molecule has 0 radical (unpaired) electrons. The minimum Gasteiger partial charge on any atom is -0.381 e. The molecular weight excluding hydrogens is 212 g/mol. The van der Waals surface area contributed by atoms with Gasteiger partial charge in [0, 0.05) is 32.4 Å². The zero-order chi connectivity index (χ0) is 12.1. The van der Waals surface area contributed by atoms with Crippen molar-refractivity contribution in [2.24, 2.45) is 0 Å². The minimum absolute atomic E-state index is 0.447. The quantitative estimate of drug-likeness (QED) is 0.862. The molecule has 0 spiro atoms. The van der Waals surface area contributed by atoms with E-state index >= 15 is 0 Å². The molecule has 0 aliphatic carbocycles. The lowest BCUT2D eigenvalue weighted by molar-refractivity contribution is 0.0819. The van der Waals surface area contributed by atoms with E-state index in [0.29, 0.717) is 6.10 Å². The monoisotopic (exact) mass is 234 g/mol. The van der Waals surface area contributed by atoms with Crippen LogP contribution in [0, 0.1) is 0 Å². The van der Waals surface area contributed by atoms with Crippen molar-refractivity contribution in [2.75, 3.05) is 32.1 Å². The molecule has 0 bridgehead atoms. The third kappa shape index (κ3) is 2.99. The van der Waals surface area contributed by atoms with Crippen molar-refractivity contribution in [2.45, 2.75) is 25.5 Å². The van der Waals surface area contributed by atoms with Gasteiger partial charge in [-0.25, -0.2) is 0 Å². The smallest absolute Gasteiger partial charge is 0.0605 e. The van der Waals surface area contributed by atoms with E-state index in [1.807, 2.05) is 14.2 Å². The molecule has 0 saturated carbocycles. The second-order valence-corrected chi connectivity index (χ2v) is 4.58. The van der Waals surface area contributed by atoms with E-state index < -0.39 is 0 Å². The Balaban J connectivity index is 2.07. The Morgan fingerprint density at radius 2 is 2.00 bits per heavy atom. The number of hydrogen-bond donors (Lipinski definition) is 1. The van der Waals surface area contributed by atoms with Gasteiger partial charge in [0.1, 0.15) is 0 Å². The van der Waals surface area contributed by atoms with Crippen molar-refractivity contribution in [3.05, 3.63) is 29.8 Å². The molecule has 2 rings (SSSR count). The molecular formula is C14H22N2O. The summed E-state index contributed by atoms with van der Waals surface area (Å²) in [6, 6.07) is 8.66. The number of piperidine rings is 1. The van der Waals surface area contributed by atoms with Gasteiger partial charge in [0.25, 0.3) is 0 Å². The molecule has 1 aromatic carbocycles. The van der Waals surface area contributed by atoms with Crippen LogP contribution in [0.25, 0.3) is 0 Å². The fourth-order valence-corrected chi connectivity index (χ4v) is 2.49. The van der Waals surface area contributed by atoms with Gasteiger partial charge < -0.3 is 15.0 Å². The van der Waals surface area contributed by atoms with E-state index in [2.05, 4.69) is 34.5 Å². The minimum atomic E-state index is 0.447. The Labute approximate surface area is 104 Å². The molecule has 94 valence electrons. The van der Waals surface area contributed by atoms with Gasteiger partial charge in [-0.3, -0.25) is 0 Å². The zero-order valence-corrected chi connectivity index (χ0v) is 10.8. The molecule has 1 heterocycles. The molecule has 0 amide bonds. The number of para-hydroxylation sites is 1. The van der Waals surface area contributed by atoms with E-state index in [1.165, 1.54) is 11.3 Å². The fourth-order valence-electron chi connectivity index (χ4n) is 2.49. The average Bonchev–Trinajstić information content (AvgIpc) is 2.40. The number of benzene rings is 1. The van der Waals surface area contributed by atoms with Crippen LogP contribution < -0.4 is 10.2 Å². The Morgan fingerprint density at radius 1 is 1.29 bits per heavy atom. The summed E-state index contributed by atoms with van der Waals surface area (Å²) in [6.45, 7) is 3.12. The summed E-state index contributed by atoms with van der Waals surface area (Å²) >= 11 is 0. The van der Waals surface area contributed by atoms with Crippen LogP contribution in [0.15, 0.2) is 24.3 Å². The molecule has 1 N–H and O–H groups in total. The van der Waals surface area contributed by atoms with Crippen LogP contribution in [0.1, 0.15) is 18.4 Å². The summed E-state index contributed by atoms with van der Waals surface area (Å²) in [5.41, 5.74) is 2.75. The number of rotatable bonds is 4. The number of methoxy groups -OCH3 is 1. The maximum atomic E-state index is 5.41. The molecule has 1 saturated heterocycles. The van der Waals surface area contributed by atoms with Gasteiger partial charge in [-0.15, -0.1) is 0 Å². The maximum absolute atomic E-state index is 5.41. The summed E-state index contributed by atoms with van der Waals surface area (Å²) in [5.74, 6) is 0. The molecule has 1 fully saturated rings. The first-order chi connectivity index (χ1) is 8.35. The van der Waals surface area contributed by atoms with Crippen molar-refractivity contribution in [3.63, 3.8) is 0 Å². The molecule has 1 aliphatic rings. The van der Waals surface area contributed by atoms with E-state index in [4.69, 9.17) is 4.74 Å². The lowest BCUT2D eigenvalue weighted by Gasteiger charge is -2.34. The topological polar surface area (TPSA) is 24.5 Å². The summed E-state index contributed by atoms with van der Waals surface area (Å²) in [4.78, 5) is 2.47. The van der Waals surface area contributed by atoms with Crippen LogP contribution in [0.4, 0.5) is 5.69 Å². The Kier molecular flexibility index (Phi) is 4.40. The zero-order valence-electron chi connectivity index (χ0n) is 10.8. The predicted molar refractivity (Wildman–Crippen MR) is 71.4 cm³/mol. The van der Waals surface area contributed by atoms with Crippen molar-refractivity contribution in [1.29, 1.82) is 0 Å². The van der Waals surface area contributed by atoms with Gasteiger partial charge in [-0.1, -0.05) is 18.2 Å². The van der Waals surface area contributed by atoms with Crippen LogP contribution >= 0.6 is 0 Å². The summed E-state index contributed by atoms with van der Waals surface area (Å²) in [7, 11) is 3.81. The van der Waals surface area contributed by atoms with Crippen LogP contribution in [0.3, 0.4) is 0 Å². The Morgan fingerprint density at radius 3 is 2.65 bits per heavy atom. The predicted octanol–water partition coefficient (Wildman–Crippen LogP) is 2.02. The second-order valence-electron chi connectivity index (χ2n) is 4.58. The molecule has 1 aromatic rings. The highest BCUT2D eigenvalue weighted by atomic mass is 16.5. The van der Waals surface area contributed by atoms with Gasteiger partial charge >= 0.3 is 0 Å². The van der Waals surface area contributed by atoms with Crippen molar-refractivity contribution in [1.82, 2.24) is 5.32 Å². The van der Waals surface area contributed by atoms with Crippen LogP contribution in [-0.4, -0.2) is 33.4 Å². The molecule has 1 aliphatic heterocycles. The maximum Gasteiger partial charge on any atom is 0.0605 e. The van der Waals surface area contributed by atoms with E-state index in [1.54, 1.807) is 0 Å². The first-order valence-corrected chi connectivity index (χ1v) is 6.35. The highest BCUT2D eigenvalue weighted by Gasteiger charge is 2.20.